The van der Waals surface area contributed by atoms with Crippen LogP contribution in [0.25, 0.3) is 0 Å². The van der Waals surface area contributed by atoms with Crippen molar-refractivity contribution in [1.82, 2.24) is 5.32 Å². The van der Waals surface area contributed by atoms with Crippen molar-refractivity contribution in [3.63, 3.8) is 0 Å². The van der Waals surface area contributed by atoms with Gasteiger partial charge in [0.25, 0.3) is 5.91 Å². The van der Waals surface area contributed by atoms with E-state index in [9.17, 15) is 9.59 Å². The third-order valence-electron chi connectivity index (χ3n) is 3.66. The molecule has 0 aromatic heterocycles. The molecule has 1 saturated heterocycles. The van der Waals surface area contributed by atoms with Crippen molar-refractivity contribution in [2.24, 2.45) is 5.92 Å². The Labute approximate surface area is 125 Å². The summed E-state index contributed by atoms with van der Waals surface area (Å²) >= 11 is 0. The van der Waals surface area contributed by atoms with E-state index in [1.54, 1.807) is 6.07 Å². The fourth-order valence-corrected chi connectivity index (χ4v) is 2.60. The molecule has 1 amide bonds. The first-order chi connectivity index (χ1) is 9.97. The highest BCUT2D eigenvalue weighted by atomic mass is 16.4. The van der Waals surface area contributed by atoms with E-state index in [-0.39, 0.29) is 17.9 Å². The van der Waals surface area contributed by atoms with Gasteiger partial charge in [-0.05, 0) is 44.9 Å². The Balaban J connectivity index is 2.13. The van der Waals surface area contributed by atoms with Crippen LogP contribution in [0.1, 0.15) is 37.0 Å². The summed E-state index contributed by atoms with van der Waals surface area (Å²) in [7, 11) is 0. The summed E-state index contributed by atoms with van der Waals surface area (Å²) in [6, 6.07) is 7.47. The van der Waals surface area contributed by atoms with Gasteiger partial charge >= 0.3 is 5.97 Å². The number of nitrogens with one attached hydrogen (secondary N) is 1. The van der Waals surface area contributed by atoms with Gasteiger partial charge in [0, 0.05) is 30.4 Å². The van der Waals surface area contributed by atoms with Crippen LogP contribution in [0.2, 0.25) is 0 Å². The lowest BCUT2D eigenvalue weighted by molar-refractivity contribution is -0.141. The van der Waals surface area contributed by atoms with Crippen molar-refractivity contribution in [2.75, 3.05) is 18.0 Å². The van der Waals surface area contributed by atoms with Crippen LogP contribution in [0.3, 0.4) is 0 Å². The topological polar surface area (TPSA) is 69.6 Å². The molecule has 114 valence electrons. The van der Waals surface area contributed by atoms with Gasteiger partial charge < -0.3 is 15.3 Å². The van der Waals surface area contributed by atoms with E-state index in [0.717, 1.165) is 25.1 Å². The molecule has 0 aliphatic carbocycles. The predicted octanol–water partition coefficient (Wildman–Crippen LogP) is 2.13. The molecule has 21 heavy (non-hydrogen) atoms. The minimum Gasteiger partial charge on any atom is -0.481 e. The molecule has 0 saturated carbocycles. The average Bonchev–Trinajstić information content (AvgIpc) is 2.47. The standard InChI is InChI=1S/C16H22N2O3/c1-11(2)17-15(19)12-5-3-7-14(9-12)18-8-4-6-13(10-18)16(20)21/h3,5,7,9,11,13H,4,6,8,10H2,1-2H3,(H,17,19)(H,20,21). The van der Waals surface area contributed by atoms with Gasteiger partial charge in [-0.15, -0.1) is 0 Å². The number of nitrogens with zero attached hydrogens (tertiary/aromatic N) is 1. The predicted molar refractivity (Wildman–Crippen MR) is 81.6 cm³/mol. The molecule has 1 atom stereocenters. The van der Waals surface area contributed by atoms with E-state index in [1.807, 2.05) is 32.0 Å². The number of rotatable bonds is 4. The lowest BCUT2D eigenvalue weighted by atomic mass is 9.97. The maximum atomic E-state index is 12.0. The number of benzene rings is 1. The summed E-state index contributed by atoms with van der Waals surface area (Å²) in [5.74, 6) is -1.17. The molecular formula is C16H22N2O3. The SMILES string of the molecule is CC(C)NC(=O)c1cccc(N2CCCC(C(=O)O)C2)c1. The Hall–Kier alpha value is -2.04. The molecule has 1 aliphatic rings. The number of carbonyl (C=O) groups excluding carboxylic acids is 1. The maximum Gasteiger partial charge on any atom is 0.308 e. The Morgan fingerprint density at radius 1 is 1.38 bits per heavy atom. The van der Waals surface area contributed by atoms with Gasteiger partial charge in [-0.3, -0.25) is 9.59 Å². The molecule has 2 rings (SSSR count). The summed E-state index contributed by atoms with van der Waals surface area (Å²) in [5.41, 5.74) is 1.52. The van der Waals surface area contributed by atoms with Crippen molar-refractivity contribution in [3.8, 4) is 0 Å². The average molecular weight is 290 g/mol. The maximum absolute atomic E-state index is 12.0. The number of carbonyl (C=O) groups is 2. The van der Waals surface area contributed by atoms with Crippen LogP contribution >= 0.6 is 0 Å². The molecule has 0 radical (unpaired) electrons. The molecule has 1 aromatic carbocycles. The first-order valence-electron chi connectivity index (χ1n) is 7.36. The molecule has 5 nitrogen and oxygen atoms in total. The van der Waals surface area contributed by atoms with Gasteiger partial charge in [-0.2, -0.15) is 0 Å². The molecule has 0 spiro atoms. The van der Waals surface area contributed by atoms with Crippen molar-refractivity contribution < 1.29 is 14.7 Å². The molecule has 1 fully saturated rings. The summed E-state index contributed by atoms with van der Waals surface area (Å²) in [6.45, 7) is 5.18. The van der Waals surface area contributed by atoms with Gasteiger partial charge in [0.2, 0.25) is 0 Å². The van der Waals surface area contributed by atoms with Crippen molar-refractivity contribution in [2.45, 2.75) is 32.7 Å². The highest BCUT2D eigenvalue weighted by Gasteiger charge is 2.25. The van der Waals surface area contributed by atoms with Crippen LogP contribution in [0.15, 0.2) is 24.3 Å². The summed E-state index contributed by atoms with van der Waals surface area (Å²) < 4.78 is 0. The van der Waals surface area contributed by atoms with E-state index in [1.165, 1.54) is 0 Å². The normalized spacial score (nSPS) is 18.6. The fourth-order valence-electron chi connectivity index (χ4n) is 2.60. The number of carboxylic acids is 1. The van der Waals surface area contributed by atoms with Gasteiger partial charge in [0.05, 0.1) is 5.92 Å². The van der Waals surface area contributed by atoms with Crippen molar-refractivity contribution in [1.29, 1.82) is 0 Å². The Morgan fingerprint density at radius 3 is 2.81 bits per heavy atom. The van der Waals surface area contributed by atoms with Gasteiger partial charge in [0.1, 0.15) is 0 Å². The number of piperidine rings is 1. The molecule has 1 unspecified atom stereocenters. The van der Waals surface area contributed by atoms with E-state index in [2.05, 4.69) is 10.2 Å². The second kappa shape index (κ2) is 6.61. The molecule has 5 heteroatoms. The van der Waals surface area contributed by atoms with Crippen LogP contribution in [0.5, 0.6) is 0 Å². The molecule has 1 aromatic rings. The van der Waals surface area contributed by atoms with Crippen LogP contribution in [-0.4, -0.2) is 36.1 Å². The van der Waals surface area contributed by atoms with Gasteiger partial charge in [-0.1, -0.05) is 6.07 Å². The molecule has 2 N–H and O–H groups in total. The third-order valence-corrected chi connectivity index (χ3v) is 3.66. The Bertz CT molecular complexity index is 528. The Morgan fingerprint density at radius 2 is 2.14 bits per heavy atom. The first kappa shape index (κ1) is 15.4. The summed E-state index contributed by atoms with van der Waals surface area (Å²) in [5, 5.41) is 12.0. The van der Waals surface area contributed by atoms with E-state index in [0.29, 0.717) is 12.1 Å². The molecule has 0 bridgehead atoms. The molecular weight excluding hydrogens is 268 g/mol. The number of hydrogen-bond acceptors (Lipinski definition) is 3. The van der Waals surface area contributed by atoms with Gasteiger partial charge in [0.15, 0.2) is 0 Å². The minimum atomic E-state index is -0.742. The van der Waals surface area contributed by atoms with E-state index >= 15 is 0 Å². The highest BCUT2D eigenvalue weighted by Crippen LogP contribution is 2.24. The number of carboxylic acid groups (broad SMARTS) is 1. The van der Waals surface area contributed by atoms with Crippen LogP contribution in [-0.2, 0) is 4.79 Å². The number of amides is 1. The zero-order valence-corrected chi connectivity index (χ0v) is 12.5. The lowest BCUT2D eigenvalue weighted by Gasteiger charge is -2.32. The zero-order chi connectivity index (χ0) is 15.4. The van der Waals surface area contributed by atoms with Crippen LogP contribution < -0.4 is 10.2 Å². The lowest BCUT2D eigenvalue weighted by Crippen LogP contribution is -2.38. The second-order valence-corrected chi connectivity index (χ2v) is 5.80. The van der Waals surface area contributed by atoms with E-state index in [4.69, 9.17) is 5.11 Å². The van der Waals surface area contributed by atoms with Crippen LogP contribution in [0.4, 0.5) is 5.69 Å². The monoisotopic (exact) mass is 290 g/mol. The quantitative estimate of drug-likeness (QED) is 0.891. The number of anilines is 1. The summed E-state index contributed by atoms with van der Waals surface area (Å²) in [6.07, 6.45) is 1.58. The van der Waals surface area contributed by atoms with E-state index < -0.39 is 5.97 Å². The Kier molecular flexibility index (Phi) is 4.83. The third kappa shape index (κ3) is 3.97. The smallest absolute Gasteiger partial charge is 0.308 e. The van der Waals surface area contributed by atoms with Crippen molar-refractivity contribution >= 4 is 17.6 Å². The zero-order valence-electron chi connectivity index (χ0n) is 12.5. The fraction of sp³-hybridized carbons (Fsp3) is 0.500. The van der Waals surface area contributed by atoms with Crippen LogP contribution in [0, 0.1) is 5.92 Å². The summed E-state index contributed by atoms with van der Waals surface area (Å²) in [4.78, 5) is 25.2. The number of aliphatic carboxylic acids is 1. The number of hydrogen-bond donors (Lipinski definition) is 2. The first-order valence-corrected chi connectivity index (χ1v) is 7.36. The molecule has 1 aliphatic heterocycles. The van der Waals surface area contributed by atoms with Gasteiger partial charge in [-0.25, -0.2) is 0 Å². The molecule has 1 heterocycles. The highest BCUT2D eigenvalue weighted by molar-refractivity contribution is 5.95. The largest absolute Gasteiger partial charge is 0.481 e. The second-order valence-electron chi connectivity index (χ2n) is 5.80. The van der Waals surface area contributed by atoms with Crippen molar-refractivity contribution in [3.05, 3.63) is 29.8 Å². The minimum absolute atomic E-state index is 0.0903.